The van der Waals surface area contributed by atoms with Gasteiger partial charge in [-0.25, -0.2) is 0 Å². The van der Waals surface area contributed by atoms with E-state index in [1.54, 1.807) is 0 Å². The zero-order valence-corrected chi connectivity index (χ0v) is 16.2. The quantitative estimate of drug-likeness (QED) is 0.286. The molecule has 0 aliphatic carbocycles. The summed E-state index contributed by atoms with van der Waals surface area (Å²) in [6.45, 7) is 2.19. The van der Waals surface area contributed by atoms with Gasteiger partial charge in [0.15, 0.2) is 0 Å². The molecule has 0 fully saturated rings. The Morgan fingerprint density at radius 1 is 0.586 bits per heavy atom. The Kier molecular flexibility index (Phi) is 3.45. The third-order valence-electron chi connectivity index (χ3n) is 5.88. The smallest absolute Gasteiger partial charge is 0.0720 e. The number of aryl methyl sites for hydroxylation is 1. The second-order valence-corrected chi connectivity index (χ2v) is 7.74. The van der Waals surface area contributed by atoms with Gasteiger partial charge in [-0.2, -0.15) is 0 Å². The molecule has 0 amide bonds. The summed E-state index contributed by atoms with van der Waals surface area (Å²) in [7, 11) is 0. The summed E-state index contributed by atoms with van der Waals surface area (Å²) in [5.74, 6) is 0. The Labute approximate surface area is 169 Å². The molecule has 0 N–H and O–H groups in total. The third kappa shape index (κ3) is 2.44. The minimum absolute atomic E-state index is 1.06. The summed E-state index contributed by atoms with van der Waals surface area (Å²) in [5, 5.41) is 6.42. The molecular formula is C28H19N. The molecule has 1 aromatic heterocycles. The van der Waals surface area contributed by atoms with Crippen LogP contribution in [0.1, 0.15) is 5.56 Å². The number of hydrogen-bond acceptors (Lipinski definition) is 1. The largest absolute Gasteiger partial charge is 0.256 e. The first-order valence-corrected chi connectivity index (χ1v) is 9.98. The first-order chi connectivity index (χ1) is 14.3. The topological polar surface area (TPSA) is 12.9 Å². The van der Waals surface area contributed by atoms with Crippen molar-refractivity contribution in [2.45, 2.75) is 6.92 Å². The summed E-state index contributed by atoms with van der Waals surface area (Å²) in [5.41, 5.74) is 7.34. The van der Waals surface area contributed by atoms with Gasteiger partial charge in [0.1, 0.15) is 0 Å². The van der Waals surface area contributed by atoms with Crippen molar-refractivity contribution in [3.05, 3.63) is 103 Å². The molecule has 1 heterocycles. The van der Waals surface area contributed by atoms with Crippen molar-refractivity contribution >= 4 is 32.4 Å². The Morgan fingerprint density at radius 3 is 1.79 bits per heavy atom. The highest BCUT2D eigenvalue weighted by Gasteiger charge is 2.17. The van der Waals surface area contributed by atoms with Gasteiger partial charge in [0.05, 0.1) is 5.52 Å². The first-order valence-electron chi connectivity index (χ1n) is 9.98. The van der Waals surface area contributed by atoms with Crippen LogP contribution in [-0.2, 0) is 0 Å². The van der Waals surface area contributed by atoms with Crippen molar-refractivity contribution in [1.82, 2.24) is 4.98 Å². The lowest BCUT2D eigenvalue weighted by Gasteiger charge is -2.18. The van der Waals surface area contributed by atoms with Crippen LogP contribution in [0.4, 0.5) is 0 Å². The van der Waals surface area contributed by atoms with Crippen LogP contribution in [0.2, 0.25) is 0 Å². The van der Waals surface area contributed by atoms with Crippen molar-refractivity contribution in [2.24, 2.45) is 0 Å². The molecule has 0 bridgehead atoms. The SMILES string of the molecule is Cc1cc2c(-c3ccccc3)cc3ccnc4cc(-c5ccccc5)c(c1)c2c34. The summed E-state index contributed by atoms with van der Waals surface area (Å²) in [6, 6.07) is 32.7. The van der Waals surface area contributed by atoms with Gasteiger partial charge in [-0.05, 0) is 69.1 Å². The van der Waals surface area contributed by atoms with E-state index in [9.17, 15) is 0 Å². The molecule has 0 saturated carbocycles. The maximum absolute atomic E-state index is 4.74. The highest BCUT2D eigenvalue weighted by molar-refractivity contribution is 6.28. The third-order valence-corrected chi connectivity index (χ3v) is 5.88. The van der Waals surface area contributed by atoms with Crippen LogP contribution >= 0.6 is 0 Å². The highest BCUT2D eigenvalue weighted by atomic mass is 14.6. The normalized spacial score (nSPS) is 11.6. The van der Waals surface area contributed by atoms with E-state index in [2.05, 4.69) is 97.9 Å². The number of benzene rings is 5. The van der Waals surface area contributed by atoms with Crippen molar-refractivity contribution in [3.63, 3.8) is 0 Å². The van der Waals surface area contributed by atoms with E-state index in [-0.39, 0.29) is 0 Å². The zero-order chi connectivity index (χ0) is 19.4. The van der Waals surface area contributed by atoms with Crippen molar-refractivity contribution < 1.29 is 0 Å². The van der Waals surface area contributed by atoms with Crippen LogP contribution in [0.25, 0.3) is 54.7 Å². The van der Waals surface area contributed by atoms with Gasteiger partial charge in [0, 0.05) is 17.0 Å². The first kappa shape index (κ1) is 16.3. The number of nitrogens with zero attached hydrogens (tertiary/aromatic N) is 1. The van der Waals surface area contributed by atoms with E-state index >= 15 is 0 Å². The molecule has 1 heteroatoms. The second-order valence-electron chi connectivity index (χ2n) is 7.74. The van der Waals surface area contributed by atoms with Crippen LogP contribution in [0, 0.1) is 6.92 Å². The molecule has 136 valence electrons. The molecule has 6 rings (SSSR count). The Morgan fingerprint density at radius 2 is 1.17 bits per heavy atom. The van der Waals surface area contributed by atoms with Gasteiger partial charge in [-0.3, -0.25) is 4.98 Å². The molecule has 6 aromatic rings. The van der Waals surface area contributed by atoms with E-state index in [1.165, 1.54) is 54.7 Å². The van der Waals surface area contributed by atoms with Gasteiger partial charge in [-0.15, -0.1) is 0 Å². The maximum atomic E-state index is 4.74. The highest BCUT2D eigenvalue weighted by Crippen LogP contribution is 2.43. The van der Waals surface area contributed by atoms with Gasteiger partial charge >= 0.3 is 0 Å². The van der Waals surface area contributed by atoms with Crippen molar-refractivity contribution in [2.75, 3.05) is 0 Å². The summed E-state index contributed by atoms with van der Waals surface area (Å²) < 4.78 is 0. The lowest BCUT2D eigenvalue weighted by molar-refractivity contribution is 1.43. The fourth-order valence-corrected chi connectivity index (χ4v) is 4.64. The fourth-order valence-electron chi connectivity index (χ4n) is 4.64. The number of hydrogen-bond donors (Lipinski definition) is 0. The second kappa shape index (κ2) is 6.15. The fraction of sp³-hybridized carbons (Fsp3) is 0.0357. The molecule has 0 spiro atoms. The number of rotatable bonds is 2. The molecule has 0 unspecified atom stereocenters. The van der Waals surface area contributed by atoms with E-state index < -0.39 is 0 Å². The molecule has 0 aliphatic rings. The minimum Gasteiger partial charge on any atom is -0.256 e. The van der Waals surface area contributed by atoms with E-state index in [1.807, 2.05) is 6.20 Å². The average molecular weight is 369 g/mol. The Balaban J connectivity index is 1.87. The van der Waals surface area contributed by atoms with Gasteiger partial charge in [0.2, 0.25) is 0 Å². The molecule has 1 nitrogen and oxygen atoms in total. The maximum Gasteiger partial charge on any atom is 0.0720 e. The molecule has 0 atom stereocenters. The van der Waals surface area contributed by atoms with Gasteiger partial charge in [-0.1, -0.05) is 72.8 Å². The molecule has 0 aliphatic heterocycles. The molecule has 29 heavy (non-hydrogen) atoms. The van der Waals surface area contributed by atoms with Crippen molar-refractivity contribution in [1.29, 1.82) is 0 Å². The van der Waals surface area contributed by atoms with Gasteiger partial charge < -0.3 is 0 Å². The van der Waals surface area contributed by atoms with Crippen LogP contribution in [0.3, 0.4) is 0 Å². The zero-order valence-electron chi connectivity index (χ0n) is 16.2. The van der Waals surface area contributed by atoms with Crippen LogP contribution in [-0.4, -0.2) is 4.98 Å². The predicted molar refractivity (Wildman–Crippen MR) is 124 cm³/mol. The van der Waals surface area contributed by atoms with Crippen LogP contribution < -0.4 is 0 Å². The molecular weight excluding hydrogens is 350 g/mol. The Bertz CT molecular complexity index is 1370. The summed E-state index contributed by atoms with van der Waals surface area (Å²) >= 11 is 0. The summed E-state index contributed by atoms with van der Waals surface area (Å²) in [4.78, 5) is 4.74. The predicted octanol–water partition coefficient (Wildman–Crippen LogP) is 7.62. The van der Waals surface area contributed by atoms with E-state index in [4.69, 9.17) is 4.98 Å². The Hall–Kier alpha value is -3.71. The van der Waals surface area contributed by atoms with Crippen LogP contribution in [0.5, 0.6) is 0 Å². The number of aromatic nitrogens is 1. The van der Waals surface area contributed by atoms with Crippen LogP contribution in [0.15, 0.2) is 97.2 Å². The standard InChI is InChI=1S/C28H19N/c1-18-14-24-22(19-8-4-2-5-9-19)16-21-12-13-29-26-17-23(20-10-6-3-7-11-20)25(15-18)28(24)27(21)26/h2-17H,1H3. The number of pyridine rings is 1. The molecule has 5 aromatic carbocycles. The van der Waals surface area contributed by atoms with Gasteiger partial charge in [0.25, 0.3) is 0 Å². The van der Waals surface area contributed by atoms with E-state index in [0.717, 1.165) is 5.52 Å². The lowest BCUT2D eigenvalue weighted by Crippen LogP contribution is -1.93. The lowest BCUT2D eigenvalue weighted by atomic mass is 9.86. The monoisotopic (exact) mass is 369 g/mol. The minimum atomic E-state index is 1.06. The van der Waals surface area contributed by atoms with Crippen molar-refractivity contribution in [3.8, 4) is 22.3 Å². The average Bonchev–Trinajstić information content (AvgIpc) is 2.77. The molecule has 0 saturated heterocycles. The molecule has 0 radical (unpaired) electrons. The van der Waals surface area contributed by atoms with E-state index in [0.29, 0.717) is 0 Å². The summed E-state index contributed by atoms with van der Waals surface area (Å²) in [6.07, 6.45) is 1.93.